The number of likely N-dealkylation sites (N-methyl/N-ethyl adjacent to an activating group) is 2. The number of fused-ring (bicyclic) bond motifs is 4. The zero-order valence-electron chi connectivity index (χ0n) is 70.8. The van der Waals surface area contributed by atoms with Crippen molar-refractivity contribution in [2.45, 2.75) is 188 Å². The van der Waals surface area contributed by atoms with Crippen LogP contribution in [0, 0.1) is 58.2 Å². The molecule has 18 atom stereocenters. The topological polar surface area (TPSA) is 302 Å². The highest BCUT2D eigenvalue weighted by molar-refractivity contribution is 6.00. The fourth-order valence-corrected chi connectivity index (χ4v) is 19.2. The highest BCUT2D eigenvalue weighted by atomic mass is 16.7. The lowest BCUT2D eigenvalue weighted by atomic mass is 9.45. The number of nitrogens with zero attached hydrogens (tertiary/aromatic N) is 4. The van der Waals surface area contributed by atoms with Crippen molar-refractivity contribution in [2.75, 3.05) is 68.7 Å². The molecule has 9 N–H and O–H groups in total. The van der Waals surface area contributed by atoms with Gasteiger partial charge in [0, 0.05) is 88.0 Å². The molecule has 4 bridgehead atoms. The Morgan fingerprint density at radius 3 is 1.29 bits per heavy atom. The maximum Gasteiger partial charge on any atom is 0.335 e. The second-order valence-electron chi connectivity index (χ2n) is 35.1. The van der Waals surface area contributed by atoms with Gasteiger partial charge < -0.3 is 66.1 Å². The minimum atomic E-state index is -1.18. The normalized spacial score (nSPS) is 25.9. The number of hydrogen-bond donors (Lipinski definition) is 9. The van der Waals surface area contributed by atoms with Gasteiger partial charge in [0.05, 0.1) is 58.3 Å². The van der Waals surface area contributed by atoms with Gasteiger partial charge in [-0.2, -0.15) is 10.1 Å². The largest absolute Gasteiger partial charge is 0.496 e. The summed E-state index contributed by atoms with van der Waals surface area (Å²) in [5, 5.41) is 68.7. The minimum Gasteiger partial charge on any atom is -0.496 e. The molecule has 14 rings (SSSR count). The molecule has 8 aliphatic rings. The van der Waals surface area contributed by atoms with Crippen LogP contribution in [0.25, 0.3) is 22.3 Å². The summed E-state index contributed by atoms with van der Waals surface area (Å²) in [6.45, 7) is 23.7. The molecular weight excluding hydrogens is 1470 g/mol. The molecule has 628 valence electrons. The Morgan fingerprint density at radius 1 is 0.569 bits per heavy atom. The number of hydroxylamine groups is 4. The lowest BCUT2D eigenvalue weighted by Gasteiger charge is -2.62. The SMILES string of the molecule is CC=C(C)C.COc1c(CN2O[C@@H](CO)[C@@H]([C@H](C)O)[C@H]2C(=O)N[C@H]2C[C@H]3C[C@@H]([C@@H]2C)C3(C)C)cccc1-c1cc(C(=O)O)cc(C(=O)N[C@@H](Cc2ccccc2)CN(C)C)c1.COc1c(CN2O[C@@H](CO)[C@@H]([C@H](C)O)[C@H]2C(=O)N[C@H]2C[C@H]3C[C@@H]([C@@H]2C)C3(C)C)cccc1-c1cc(C=O)cc(C(=O)N[C@@H](Cc2ccccc2)CN(C)C)c1. The van der Waals surface area contributed by atoms with Gasteiger partial charge in [0.1, 0.15) is 42.1 Å². The van der Waals surface area contributed by atoms with E-state index in [4.69, 9.17) is 19.1 Å². The molecule has 0 radical (unpaired) electrons. The maximum atomic E-state index is 14.2. The van der Waals surface area contributed by atoms with E-state index in [-0.39, 0.29) is 83.5 Å². The van der Waals surface area contributed by atoms with Gasteiger partial charge in [-0.05, 0) is 206 Å². The van der Waals surface area contributed by atoms with Crippen LogP contribution in [0.2, 0.25) is 0 Å². The lowest BCUT2D eigenvalue weighted by Crippen LogP contribution is -2.62. The molecule has 2 heterocycles. The van der Waals surface area contributed by atoms with Crippen molar-refractivity contribution in [3.63, 3.8) is 0 Å². The van der Waals surface area contributed by atoms with Crippen molar-refractivity contribution < 1.29 is 73.4 Å². The molecule has 23 nitrogen and oxygen atoms in total. The number of allylic oxidation sites excluding steroid dienone is 2. The second-order valence-corrected chi connectivity index (χ2v) is 35.1. The molecule has 0 spiro atoms. The van der Waals surface area contributed by atoms with Crippen molar-refractivity contribution in [2.24, 2.45) is 58.2 Å². The van der Waals surface area contributed by atoms with Crippen LogP contribution < -0.4 is 30.7 Å². The monoisotopic (exact) mass is 1590 g/mol. The predicted octanol–water partition coefficient (Wildman–Crippen LogP) is 11.3. The average Bonchev–Trinajstić information content (AvgIpc) is 0.791. The van der Waals surface area contributed by atoms with Crippen LogP contribution in [0.3, 0.4) is 0 Å². The van der Waals surface area contributed by atoms with E-state index in [1.54, 1.807) is 62.4 Å². The number of aliphatic hydroxyl groups is 4. The molecule has 0 unspecified atom stereocenters. The second kappa shape index (κ2) is 39.2. The summed E-state index contributed by atoms with van der Waals surface area (Å²) in [5.41, 5.74) is 8.45. The van der Waals surface area contributed by atoms with Crippen molar-refractivity contribution in [3.05, 3.63) is 190 Å². The summed E-state index contributed by atoms with van der Waals surface area (Å²) >= 11 is 0. The molecule has 116 heavy (non-hydrogen) atoms. The first-order valence-electron chi connectivity index (χ1n) is 41.1. The van der Waals surface area contributed by atoms with E-state index < -0.39 is 66.8 Å². The molecule has 23 heteroatoms. The smallest absolute Gasteiger partial charge is 0.335 e. The maximum absolute atomic E-state index is 14.2. The summed E-state index contributed by atoms with van der Waals surface area (Å²) in [5.74, 6) is -0.113. The molecule has 0 aromatic heterocycles. The first-order chi connectivity index (χ1) is 55.1. The minimum absolute atomic E-state index is 0.00813. The van der Waals surface area contributed by atoms with Crippen LogP contribution in [0.5, 0.6) is 11.5 Å². The van der Waals surface area contributed by atoms with E-state index >= 15 is 0 Å². The van der Waals surface area contributed by atoms with Gasteiger partial charge in [-0.3, -0.25) is 33.6 Å². The van der Waals surface area contributed by atoms with Gasteiger partial charge in [0.2, 0.25) is 11.8 Å². The van der Waals surface area contributed by atoms with Crippen molar-refractivity contribution in [1.82, 2.24) is 41.2 Å². The Hall–Kier alpha value is -8.72. The molecular formula is C93H126N8O15. The number of para-hydroxylation sites is 2. The van der Waals surface area contributed by atoms with Crippen LogP contribution in [-0.2, 0) is 45.2 Å². The van der Waals surface area contributed by atoms with Crippen LogP contribution >= 0.6 is 0 Å². The Morgan fingerprint density at radius 2 is 0.957 bits per heavy atom. The Bertz CT molecular complexity index is 4390. The number of methoxy groups -OCH3 is 2. The van der Waals surface area contributed by atoms with Gasteiger partial charge >= 0.3 is 5.97 Å². The van der Waals surface area contributed by atoms with Crippen molar-refractivity contribution in [3.8, 4) is 33.8 Å². The molecule has 2 saturated heterocycles. The summed E-state index contributed by atoms with van der Waals surface area (Å²) < 4.78 is 12.0. The molecule has 6 aromatic carbocycles. The third kappa shape index (κ3) is 20.7. The quantitative estimate of drug-likeness (QED) is 0.0150. The number of benzene rings is 6. The fraction of sp³-hybridized carbons (Fsp3) is 0.527. The number of ether oxygens (including phenoxy) is 2. The van der Waals surface area contributed by atoms with Crippen LogP contribution in [-0.4, -0.2) is 211 Å². The molecule has 2 aliphatic heterocycles. The molecule has 6 saturated carbocycles. The number of amides is 4. The predicted molar refractivity (Wildman–Crippen MR) is 449 cm³/mol. The Balaban J connectivity index is 0.000000231. The highest BCUT2D eigenvalue weighted by Gasteiger charge is 2.59. The molecule has 6 aromatic rings. The number of hydrogen-bond acceptors (Lipinski definition) is 18. The summed E-state index contributed by atoms with van der Waals surface area (Å²) in [4.78, 5) is 97.3. The number of carbonyl (C=O) groups excluding carboxylic acids is 5. The van der Waals surface area contributed by atoms with Gasteiger partial charge in [-0.25, -0.2) is 4.79 Å². The standard InChI is InChI=1S/C44H58N4O8.C44H58N4O7.C5H10/c1-25-35-20-32(44(35,3)4)21-36(25)46-42(52)39-38(26(2)50)37(24-49)56-48(39)22-28-14-11-15-34(40(28)55-7)29-17-30(19-31(18-29)43(53)54)41(51)45-33(23-47(5)6)16-27-12-9-8-10-13-27;1-26-36-20-33(44(36,3)4)21-37(26)46-43(53)40-39(27(2)51)38(25-50)55-48(40)22-30-14-11-15-35(41(30)54-7)31-16-29(24-49)17-32(19-31)42(52)45-34(23-47(5)6)18-28-12-9-8-10-13-28;1-4-5(2)3/h8-15,17-19,25-26,32-33,35-39,49-50H,16,20-24H2,1-7H3,(H,45,51)(H,46,52)(H,53,54);8-17,19,24,26-27,33-34,36-40,50-51H,18,20-23,25H2,1-7H3,(H,45,52)(H,46,53);4H,1-3H3/t25-,26-,32+,33-,35-,36-,37-,38+,39-;26-,27-,33+,34-,36-,37-,38-,39+,40-;/m00./s1. The summed E-state index contributed by atoms with van der Waals surface area (Å²) in [6.07, 6.45) is 4.71. The van der Waals surface area contributed by atoms with Gasteiger partial charge in [0.15, 0.2) is 0 Å². The average molecular weight is 1600 g/mol. The van der Waals surface area contributed by atoms with E-state index in [2.05, 4.69) is 82.7 Å². The third-order valence-electron chi connectivity index (χ3n) is 25.9. The van der Waals surface area contributed by atoms with E-state index in [1.165, 1.54) is 42.7 Å². The zero-order valence-corrected chi connectivity index (χ0v) is 70.8. The van der Waals surface area contributed by atoms with Gasteiger partial charge in [0.25, 0.3) is 11.8 Å². The number of carboxylic acids is 1. The summed E-state index contributed by atoms with van der Waals surface area (Å²) in [7, 11) is 10.9. The number of aliphatic hydroxyl groups excluding tert-OH is 4. The van der Waals surface area contributed by atoms with Gasteiger partial charge in [-0.1, -0.05) is 150 Å². The molecule has 8 fully saturated rings. The Kier molecular flexibility index (Phi) is 30.3. The van der Waals surface area contributed by atoms with Crippen LogP contribution in [0.4, 0.5) is 0 Å². The molecule has 4 amide bonds. The van der Waals surface area contributed by atoms with E-state index in [9.17, 15) is 54.3 Å². The number of aldehydes is 1. The van der Waals surface area contributed by atoms with Crippen LogP contribution in [0.1, 0.15) is 166 Å². The number of aromatic carboxylic acids is 1. The first kappa shape index (κ1) is 89.6. The van der Waals surface area contributed by atoms with Crippen molar-refractivity contribution in [1.29, 1.82) is 0 Å². The van der Waals surface area contributed by atoms with E-state index in [1.807, 2.05) is 130 Å². The van der Waals surface area contributed by atoms with Gasteiger partial charge in [-0.15, -0.1) is 0 Å². The summed E-state index contributed by atoms with van der Waals surface area (Å²) in [6, 6.07) is 38.3. The van der Waals surface area contributed by atoms with Crippen molar-refractivity contribution >= 4 is 35.9 Å². The van der Waals surface area contributed by atoms with E-state index in [0.29, 0.717) is 117 Å². The highest BCUT2D eigenvalue weighted by Crippen LogP contribution is 2.62. The number of rotatable bonds is 30. The molecule has 6 aliphatic carbocycles. The number of nitrogens with one attached hydrogen (secondary N) is 4. The zero-order chi connectivity index (χ0) is 84.4. The number of carbonyl (C=O) groups is 6. The fourth-order valence-electron chi connectivity index (χ4n) is 19.2. The van der Waals surface area contributed by atoms with Crippen LogP contribution in [0.15, 0.2) is 145 Å². The Labute approximate surface area is 685 Å². The third-order valence-corrected chi connectivity index (χ3v) is 25.9. The lowest BCUT2D eigenvalue weighted by molar-refractivity contribution is -0.183. The first-order valence-corrected chi connectivity index (χ1v) is 41.1. The number of carboxylic acid groups (broad SMARTS) is 1. The van der Waals surface area contributed by atoms with E-state index in [0.717, 1.165) is 30.3 Å².